The van der Waals surface area contributed by atoms with Crippen molar-refractivity contribution < 1.29 is 18.3 Å². The lowest BCUT2D eigenvalue weighted by atomic mass is 10.0. The third kappa shape index (κ3) is 4.31. The van der Waals surface area contributed by atoms with Crippen LogP contribution in [0.4, 0.5) is 14.5 Å². The summed E-state index contributed by atoms with van der Waals surface area (Å²) in [5.41, 5.74) is 0.399. The van der Waals surface area contributed by atoms with Gasteiger partial charge in [-0.15, -0.1) is 0 Å². The van der Waals surface area contributed by atoms with Crippen LogP contribution in [0.2, 0.25) is 0 Å². The number of carbonyl (C=O) groups excluding carboxylic acids is 1. The zero-order valence-corrected chi connectivity index (χ0v) is 12.0. The minimum Gasteiger partial charge on any atom is -0.433 e. The maximum atomic E-state index is 12.3. The number of ether oxygens (including phenoxy) is 1. The van der Waals surface area contributed by atoms with E-state index >= 15 is 0 Å². The van der Waals surface area contributed by atoms with Gasteiger partial charge in [-0.25, -0.2) is 0 Å². The Kier molecular flexibility index (Phi) is 5.36. The Morgan fingerprint density at radius 3 is 2.90 bits per heavy atom. The van der Waals surface area contributed by atoms with Crippen molar-refractivity contribution in [2.75, 3.05) is 18.4 Å². The van der Waals surface area contributed by atoms with Crippen molar-refractivity contribution in [3.8, 4) is 5.75 Å². The summed E-state index contributed by atoms with van der Waals surface area (Å²) < 4.78 is 29.1. The number of anilines is 1. The third-order valence-electron chi connectivity index (χ3n) is 3.66. The predicted molar refractivity (Wildman–Crippen MR) is 76.6 cm³/mol. The lowest BCUT2D eigenvalue weighted by molar-refractivity contribution is -0.132. The summed E-state index contributed by atoms with van der Waals surface area (Å²) in [6.07, 6.45) is 3.17. The molecule has 1 aromatic carbocycles. The number of piperidine rings is 1. The van der Waals surface area contributed by atoms with Gasteiger partial charge in [0.05, 0.1) is 12.2 Å². The van der Waals surface area contributed by atoms with Crippen LogP contribution in [0.25, 0.3) is 0 Å². The van der Waals surface area contributed by atoms with E-state index in [0.29, 0.717) is 5.69 Å². The molecule has 0 spiro atoms. The second-order valence-electron chi connectivity index (χ2n) is 5.16. The summed E-state index contributed by atoms with van der Waals surface area (Å²) in [5, 5.41) is 2.89. The van der Waals surface area contributed by atoms with Crippen molar-refractivity contribution in [2.45, 2.75) is 38.8 Å². The number of carbonyl (C=O) groups is 1. The Bertz CT molecular complexity index is 482. The lowest BCUT2D eigenvalue weighted by Gasteiger charge is -2.33. The number of nitrogens with zero attached hydrogens (tertiary/aromatic N) is 1. The lowest BCUT2D eigenvalue weighted by Crippen LogP contribution is -2.44. The number of benzene rings is 1. The van der Waals surface area contributed by atoms with Gasteiger partial charge in [-0.05, 0) is 38.3 Å². The van der Waals surface area contributed by atoms with Crippen LogP contribution in [-0.2, 0) is 4.79 Å². The summed E-state index contributed by atoms with van der Waals surface area (Å²) in [6.45, 7) is -0.0128. The van der Waals surface area contributed by atoms with Crippen molar-refractivity contribution in [3.05, 3.63) is 24.3 Å². The van der Waals surface area contributed by atoms with E-state index in [9.17, 15) is 13.6 Å². The molecule has 0 aliphatic carbocycles. The van der Waals surface area contributed by atoms with Crippen molar-refractivity contribution in [1.82, 2.24) is 4.90 Å². The Balaban J connectivity index is 1.94. The molecule has 0 radical (unpaired) electrons. The second-order valence-corrected chi connectivity index (χ2v) is 5.16. The van der Waals surface area contributed by atoms with Gasteiger partial charge in [0.15, 0.2) is 0 Å². The molecule has 1 atom stereocenters. The normalized spacial score (nSPS) is 18.7. The standard InChI is InChI=1S/C15H20F2N2O2/c1-11-6-4-5-9-19(11)14(20)10-18-12-7-2-3-8-13(12)21-15(16)17/h2-3,7-8,11,15,18H,4-6,9-10H2,1H3. The van der Waals surface area contributed by atoms with Crippen molar-refractivity contribution in [1.29, 1.82) is 0 Å². The largest absolute Gasteiger partial charge is 0.433 e. The molecule has 0 saturated carbocycles. The number of hydrogen-bond acceptors (Lipinski definition) is 3. The second kappa shape index (κ2) is 7.24. The van der Waals surface area contributed by atoms with Gasteiger partial charge < -0.3 is 15.0 Å². The summed E-state index contributed by atoms with van der Waals surface area (Å²) in [4.78, 5) is 14.0. The Labute approximate surface area is 123 Å². The fraction of sp³-hybridized carbons (Fsp3) is 0.533. The maximum Gasteiger partial charge on any atom is 0.387 e. The first-order valence-corrected chi connectivity index (χ1v) is 7.15. The molecular weight excluding hydrogens is 278 g/mol. The maximum absolute atomic E-state index is 12.3. The molecule has 21 heavy (non-hydrogen) atoms. The molecule has 0 aromatic heterocycles. The molecular formula is C15H20F2N2O2. The Morgan fingerprint density at radius 1 is 1.43 bits per heavy atom. The number of para-hydroxylation sites is 2. The van der Waals surface area contributed by atoms with Gasteiger partial charge >= 0.3 is 6.61 Å². The molecule has 1 N–H and O–H groups in total. The summed E-state index contributed by atoms with van der Waals surface area (Å²) in [6, 6.07) is 6.61. The molecule has 0 bridgehead atoms. The molecule has 1 heterocycles. The average molecular weight is 298 g/mol. The number of hydrogen-bond donors (Lipinski definition) is 1. The van der Waals surface area contributed by atoms with E-state index in [2.05, 4.69) is 10.1 Å². The number of nitrogens with one attached hydrogen (secondary N) is 1. The fourth-order valence-corrected chi connectivity index (χ4v) is 2.55. The first-order chi connectivity index (χ1) is 10.1. The van der Waals surface area contributed by atoms with Crippen molar-refractivity contribution in [2.24, 2.45) is 0 Å². The van der Waals surface area contributed by atoms with Crippen LogP contribution in [0, 0.1) is 0 Å². The molecule has 116 valence electrons. The van der Waals surface area contributed by atoms with Crippen LogP contribution in [0.3, 0.4) is 0 Å². The first kappa shape index (κ1) is 15.5. The summed E-state index contributed by atoms with van der Waals surface area (Å²) >= 11 is 0. The summed E-state index contributed by atoms with van der Waals surface area (Å²) in [5.74, 6) is 0.0287. The van der Waals surface area contributed by atoms with Crippen LogP contribution < -0.4 is 10.1 Å². The predicted octanol–water partition coefficient (Wildman–Crippen LogP) is 3.10. The smallest absolute Gasteiger partial charge is 0.387 e. The fourth-order valence-electron chi connectivity index (χ4n) is 2.55. The molecule has 1 aromatic rings. The van der Waals surface area contributed by atoms with Gasteiger partial charge in [-0.3, -0.25) is 4.79 Å². The highest BCUT2D eigenvalue weighted by Gasteiger charge is 2.23. The van der Waals surface area contributed by atoms with Crippen LogP contribution in [-0.4, -0.2) is 36.5 Å². The molecule has 1 unspecified atom stereocenters. The topological polar surface area (TPSA) is 41.6 Å². The minimum absolute atomic E-state index is 0.0194. The SMILES string of the molecule is CC1CCCCN1C(=O)CNc1ccccc1OC(F)F. The van der Waals surface area contributed by atoms with Crippen LogP contribution in [0.1, 0.15) is 26.2 Å². The zero-order valence-electron chi connectivity index (χ0n) is 12.0. The highest BCUT2D eigenvalue weighted by atomic mass is 19.3. The van der Waals surface area contributed by atoms with E-state index in [-0.39, 0.29) is 24.2 Å². The van der Waals surface area contributed by atoms with E-state index in [1.807, 2.05) is 11.8 Å². The zero-order chi connectivity index (χ0) is 15.2. The van der Waals surface area contributed by atoms with Gasteiger partial charge in [0, 0.05) is 12.6 Å². The third-order valence-corrected chi connectivity index (χ3v) is 3.66. The molecule has 1 saturated heterocycles. The van der Waals surface area contributed by atoms with Crippen molar-refractivity contribution >= 4 is 11.6 Å². The van der Waals surface area contributed by atoms with Crippen LogP contribution in [0.15, 0.2) is 24.3 Å². The number of amides is 1. The Hall–Kier alpha value is -1.85. The highest BCUT2D eigenvalue weighted by molar-refractivity contribution is 5.81. The van der Waals surface area contributed by atoms with Gasteiger partial charge in [0.1, 0.15) is 5.75 Å². The van der Waals surface area contributed by atoms with Crippen molar-refractivity contribution in [3.63, 3.8) is 0 Å². The van der Waals surface area contributed by atoms with Gasteiger partial charge in [-0.1, -0.05) is 12.1 Å². The molecule has 1 fully saturated rings. The quantitative estimate of drug-likeness (QED) is 0.908. The van der Waals surface area contributed by atoms with E-state index < -0.39 is 6.61 Å². The van der Waals surface area contributed by atoms with Gasteiger partial charge in [0.2, 0.25) is 5.91 Å². The van der Waals surface area contributed by atoms with E-state index in [0.717, 1.165) is 25.8 Å². The minimum atomic E-state index is -2.88. The molecule has 6 heteroatoms. The van der Waals surface area contributed by atoms with E-state index in [1.54, 1.807) is 18.2 Å². The Morgan fingerprint density at radius 2 is 2.19 bits per heavy atom. The summed E-state index contributed by atoms with van der Waals surface area (Å²) in [7, 11) is 0. The number of rotatable bonds is 5. The molecule has 4 nitrogen and oxygen atoms in total. The number of likely N-dealkylation sites (tertiary alicyclic amines) is 1. The van der Waals surface area contributed by atoms with E-state index in [4.69, 9.17) is 0 Å². The molecule has 1 amide bonds. The van der Waals surface area contributed by atoms with E-state index in [1.165, 1.54) is 6.07 Å². The average Bonchev–Trinajstić information content (AvgIpc) is 2.46. The molecule has 1 aliphatic rings. The monoisotopic (exact) mass is 298 g/mol. The number of alkyl halides is 2. The van der Waals surface area contributed by atoms with Gasteiger partial charge in [-0.2, -0.15) is 8.78 Å². The molecule has 1 aliphatic heterocycles. The van der Waals surface area contributed by atoms with Crippen LogP contribution in [0.5, 0.6) is 5.75 Å². The number of halogens is 2. The highest BCUT2D eigenvalue weighted by Crippen LogP contribution is 2.25. The van der Waals surface area contributed by atoms with Crippen LogP contribution >= 0.6 is 0 Å². The van der Waals surface area contributed by atoms with Gasteiger partial charge in [0.25, 0.3) is 0 Å². The first-order valence-electron chi connectivity index (χ1n) is 7.15. The molecule has 2 rings (SSSR count).